The summed E-state index contributed by atoms with van der Waals surface area (Å²) in [5, 5.41) is 2.19. The van der Waals surface area contributed by atoms with E-state index in [4.69, 9.17) is 4.74 Å². The lowest BCUT2D eigenvalue weighted by atomic mass is 9.61. The van der Waals surface area contributed by atoms with Gasteiger partial charge in [0.1, 0.15) is 5.75 Å². The number of allylic oxidation sites excluding steroid dienone is 12. The standard InChI is InChI=1S/C41H37NO/c1-40(2,3)28-11-9-10-24-18-27(19-28)37-31-12-7-8-13-34(31)41(4,5)35-17-16-30-29-15-14-25-22-42-23-36(43-6)32(25)20-26(29)21-33(24)38(30)39(35)37/h7-23,26,37H,1-6H3/b10-9?,11-9-,24-10-,27-19?,28-11?,28-19+/t26?,37-/m1/s1. The van der Waals surface area contributed by atoms with E-state index < -0.39 is 0 Å². The van der Waals surface area contributed by atoms with Gasteiger partial charge in [-0.15, -0.1) is 0 Å². The normalized spacial score (nSPS) is 25.1. The second-order valence-electron chi connectivity index (χ2n) is 14.0. The highest BCUT2D eigenvalue weighted by Gasteiger charge is 2.43. The zero-order valence-electron chi connectivity index (χ0n) is 25.8. The number of nitrogens with zero attached hydrogens (tertiary/aromatic N) is 1. The molecule has 2 aromatic carbocycles. The number of hydrogen-bond acceptors (Lipinski definition) is 2. The Morgan fingerprint density at radius 1 is 0.884 bits per heavy atom. The summed E-state index contributed by atoms with van der Waals surface area (Å²) in [6, 6.07) is 14.0. The highest BCUT2D eigenvalue weighted by molar-refractivity contribution is 6.00. The molecule has 43 heavy (non-hydrogen) atoms. The Labute approximate surface area is 254 Å². The first kappa shape index (κ1) is 26.2. The minimum atomic E-state index is -0.112. The van der Waals surface area contributed by atoms with E-state index in [9.17, 15) is 0 Å². The number of rotatable bonds is 1. The van der Waals surface area contributed by atoms with Gasteiger partial charge in [0, 0.05) is 33.9 Å². The van der Waals surface area contributed by atoms with E-state index in [1.165, 1.54) is 61.2 Å². The van der Waals surface area contributed by atoms with Crippen molar-refractivity contribution in [3.05, 3.63) is 152 Å². The third-order valence-electron chi connectivity index (χ3n) is 10.1. The van der Waals surface area contributed by atoms with E-state index in [-0.39, 0.29) is 22.7 Å². The van der Waals surface area contributed by atoms with Gasteiger partial charge >= 0.3 is 0 Å². The lowest BCUT2D eigenvalue weighted by molar-refractivity contribution is 0.408. The molecule has 0 amide bonds. The Kier molecular flexibility index (Phi) is 5.51. The summed E-state index contributed by atoms with van der Waals surface area (Å²) < 4.78 is 5.77. The molecule has 3 aromatic rings. The van der Waals surface area contributed by atoms with Crippen LogP contribution in [0, 0.1) is 11.3 Å². The number of aromatic nitrogens is 1. The lowest BCUT2D eigenvalue weighted by Crippen LogP contribution is -2.31. The van der Waals surface area contributed by atoms with Crippen LogP contribution in [0.25, 0.3) is 23.3 Å². The van der Waals surface area contributed by atoms with E-state index in [2.05, 4.69) is 131 Å². The lowest BCUT2D eigenvalue weighted by Gasteiger charge is -2.42. The predicted octanol–water partition coefficient (Wildman–Crippen LogP) is 7.94. The van der Waals surface area contributed by atoms with Crippen LogP contribution < -0.4 is 15.2 Å². The van der Waals surface area contributed by atoms with Crippen molar-refractivity contribution < 1.29 is 4.74 Å². The number of hydrogen-bond donors (Lipinski definition) is 0. The van der Waals surface area contributed by atoms with Crippen molar-refractivity contribution in [2.75, 3.05) is 7.11 Å². The van der Waals surface area contributed by atoms with Crippen LogP contribution in [0.1, 0.15) is 73.9 Å². The Bertz CT molecular complexity index is 2070. The first-order valence-corrected chi connectivity index (χ1v) is 15.4. The van der Waals surface area contributed by atoms with Gasteiger partial charge in [0.05, 0.1) is 13.3 Å². The number of ether oxygens (including phenoxy) is 1. The smallest absolute Gasteiger partial charge is 0.144 e. The fraction of sp³-hybridized carbons (Fsp3) is 0.244. The average Bonchev–Trinajstić information content (AvgIpc) is 3.24. The monoisotopic (exact) mass is 559 g/mol. The molecule has 5 aliphatic rings. The summed E-state index contributed by atoms with van der Waals surface area (Å²) in [5.74, 6) is 1.08. The highest BCUT2D eigenvalue weighted by atomic mass is 16.5. The molecule has 0 spiro atoms. The maximum atomic E-state index is 5.77. The Hall–Kier alpha value is -4.43. The van der Waals surface area contributed by atoms with Crippen molar-refractivity contribution in [1.82, 2.24) is 4.98 Å². The van der Waals surface area contributed by atoms with Crippen LogP contribution >= 0.6 is 0 Å². The van der Waals surface area contributed by atoms with Crippen LogP contribution in [0.4, 0.5) is 0 Å². The van der Waals surface area contributed by atoms with Gasteiger partial charge in [0.2, 0.25) is 0 Å². The molecule has 1 aromatic heterocycles. The van der Waals surface area contributed by atoms with Crippen LogP contribution in [0.15, 0.2) is 108 Å². The second-order valence-corrected chi connectivity index (χ2v) is 14.0. The Morgan fingerprint density at radius 2 is 1.72 bits per heavy atom. The first-order chi connectivity index (χ1) is 20.7. The molecule has 0 saturated heterocycles. The maximum absolute atomic E-state index is 5.77. The molecule has 2 heteroatoms. The van der Waals surface area contributed by atoms with Gasteiger partial charge in [-0.2, -0.15) is 0 Å². The fourth-order valence-corrected chi connectivity index (χ4v) is 7.92. The van der Waals surface area contributed by atoms with Crippen molar-refractivity contribution in [3.63, 3.8) is 0 Å². The molecule has 212 valence electrons. The van der Waals surface area contributed by atoms with Gasteiger partial charge in [0.15, 0.2) is 0 Å². The Balaban J connectivity index is 1.50. The molecule has 1 heterocycles. The third kappa shape index (κ3) is 3.75. The summed E-state index contributed by atoms with van der Waals surface area (Å²) in [6.45, 7) is 11.7. The summed E-state index contributed by atoms with van der Waals surface area (Å²) in [6.07, 6.45) is 25.0. The topological polar surface area (TPSA) is 22.1 Å². The molecule has 0 N–H and O–H groups in total. The molecule has 5 aliphatic carbocycles. The molecule has 2 atom stereocenters. The zero-order chi connectivity index (χ0) is 29.7. The van der Waals surface area contributed by atoms with E-state index in [1.54, 1.807) is 7.11 Å². The van der Waals surface area contributed by atoms with Gasteiger partial charge in [-0.05, 0) is 66.7 Å². The van der Waals surface area contributed by atoms with Crippen molar-refractivity contribution >= 4 is 23.3 Å². The van der Waals surface area contributed by atoms with Crippen LogP contribution in [-0.2, 0) is 5.41 Å². The minimum absolute atomic E-state index is 0.0344. The molecule has 0 saturated carbocycles. The SMILES string of the molecule is COc1cncc2c1=CC1C=C3\C4=C/C=C\C(C(C)(C)C)=C/C(=C4)[C@@H]4c5ccccc5C(C)(C)c5ccc(c3c54)C1=CC=2. The summed E-state index contributed by atoms with van der Waals surface area (Å²) in [5.41, 5.74) is 15.0. The number of methoxy groups -OCH3 is 1. The quantitative estimate of drug-likeness (QED) is 0.302. The third-order valence-corrected chi connectivity index (χ3v) is 10.1. The van der Waals surface area contributed by atoms with Crippen molar-refractivity contribution in [2.24, 2.45) is 11.3 Å². The van der Waals surface area contributed by atoms with Gasteiger partial charge in [-0.1, -0.05) is 126 Å². The second kappa shape index (κ2) is 9.04. The van der Waals surface area contributed by atoms with Gasteiger partial charge in [-0.3, -0.25) is 4.98 Å². The first-order valence-electron chi connectivity index (χ1n) is 15.4. The summed E-state index contributed by atoms with van der Waals surface area (Å²) in [4.78, 5) is 4.45. The van der Waals surface area contributed by atoms with E-state index in [0.717, 1.165) is 16.2 Å². The van der Waals surface area contributed by atoms with Crippen LogP contribution in [0.2, 0.25) is 0 Å². The zero-order valence-corrected chi connectivity index (χ0v) is 25.8. The van der Waals surface area contributed by atoms with E-state index >= 15 is 0 Å². The van der Waals surface area contributed by atoms with Crippen LogP contribution in [0.3, 0.4) is 0 Å². The summed E-state index contributed by atoms with van der Waals surface area (Å²) in [7, 11) is 1.73. The molecule has 2 nitrogen and oxygen atoms in total. The predicted molar refractivity (Wildman–Crippen MR) is 178 cm³/mol. The molecular formula is C41H37NO. The van der Waals surface area contributed by atoms with Gasteiger partial charge in [-0.25, -0.2) is 0 Å². The molecule has 1 unspecified atom stereocenters. The van der Waals surface area contributed by atoms with Gasteiger partial charge in [0.25, 0.3) is 0 Å². The summed E-state index contributed by atoms with van der Waals surface area (Å²) >= 11 is 0. The largest absolute Gasteiger partial charge is 0.495 e. The van der Waals surface area contributed by atoms with Crippen LogP contribution in [0.5, 0.6) is 5.75 Å². The molecule has 8 rings (SSSR count). The fourth-order valence-electron chi connectivity index (χ4n) is 7.92. The molecule has 0 fully saturated rings. The molecular weight excluding hydrogens is 522 g/mol. The molecule has 0 radical (unpaired) electrons. The maximum Gasteiger partial charge on any atom is 0.144 e. The van der Waals surface area contributed by atoms with Crippen LogP contribution in [-0.4, -0.2) is 12.1 Å². The highest BCUT2D eigenvalue weighted by Crippen LogP contribution is 2.57. The average molecular weight is 560 g/mol. The van der Waals surface area contributed by atoms with E-state index in [0.29, 0.717) is 0 Å². The number of pyridine rings is 1. The molecule has 2 bridgehead atoms. The number of fused-ring (bicyclic) bond motifs is 8. The van der Waals surface area contributed by atoms with Crippen molar-refractivity contribution in [1.29, 1.82) is 0 Å². The molecule has 0 aliphatic heterocycles. The Morgan fingerprint density at radius 3 is 2.53 bits per heavy atom. The van der Waals surface area contributed by atoms with E-state index in [1.807, 2.05) is 12.4 Å². The number of benzene rings is 2. The minimum Gasteiger partial charge on any atom is -0.495 e. The van der Waals surface area contributed by atoms with Gasteiger partial charge < -0.3 is 4.74 Å². The van der Waals surface area contributed by atoms with Crippen molar-refractivity contribution in [3.8, 4) is 5.75 Å². The van der Waals surface area contributed by atoms with Crippen molar-refractivity contribution in [2.45, 2.75) is 46.0 Å².